The second-order valence-electron chi connectivity index (χ2n) is 6.68. The van der Waals surface area contributed by atoms with Crippen molar-refractivity contribution in [1.82, 2.24) is 10.6 Å². The van der Waals surface area contributed by atoms with Gasteiger partial charge in [0.15, 0.2) is 9.84 Å². The van der Waals surface area contributed by atoms with Gasteiger partial charge in [0.05, 0.1) is 23.6 Å². The minimum absolute atomic E-state index is 0.117. The molecule has 1 fully saturated rings. The quantitative estimate of drug-likeness (QED) is 0.671. The Morgan fingerprint density at radius 2 is 1.36 bits per heavy atom. The van der Waals surface area contributed by atoms with Crippen LogP contribution in [0.5, 0.6) is 0 Å². The molecule has 0 bridgehead atoms. The summed E-state index contributed by atoms with van der Waals surface area (Å²) in [6.07, 6.45) is 0. The number of alkyl halides is 3. The summed E-state index contributed by atoms with van der Waals surface area (Å²) >= 11 is 16.9. The third-order valence-electron chi connectivity index (χ3n) is 4.57. The molecule has 2 N–H and O–H groups in total. The molecule has 1 amide bonds. The zero-order valence-corrected chi connectivity index (χ0v) is 17.8. The lowest BCUT2D eigenvalue weighted by atomic mass is 9.97. The standard InChI is InChI=1S/C19H19Cl3N2O3S/c20-19(21,22)18(25)24-16-12-28(26,27)11-15(16)23-17(13-7-3-1-4-8-13)14-9-5-2-6-10-14/h1-10,15-17,23H,11-12H2,(H,24,25)/t15-,16+/m0/s1. The van der Waals surface area contributed by atoms with Gasteiger partial charge in [-0.3, -0.25) is 4.79 Å². The normalized spacial score (nSPS) is 21.6. The van der Waals surface area contributed by atoms with E-state index in [1.165, 1.54) is 0 Å². The van der Waals surface area contributed by atoms with Crippen molar-refractivity contribution in [1.29, 1.82) is 0 Å². The molecule has 1 aliphatic rings. The maximum atomic E-state index is 12.2. The maximum Gasteiger partial charge on any atom is 0.272 e. The molecular formula is C19H19Cl3N2O3S. The molecule has 150 valence electrons. The van der Waals surface area contributed by atoms with E-state index in [2.05, 4.69) is 10.6 Å². The van der Waals surface area contributed by atoms with Crippen molar-refractivity contribution in [2.45, 2.75) is 21.9 Å². The molecule has 1 heterocycles. The Hall–Kier alpha value is -1.31. The zero-order chi connectivity index (χ0) is 20.4. The van der Waals surface area contributed by atoms with Crippen molar-refractivity contribution in [2.75, 3.05) is 11.5 Å². The number of nitrogens with one attached hydrogen (secondary N) is 2. The number of hydrogen-bond donors (Lipinski definition) is 2. The Balaban J connectivity index is 1.88. The lowest BCUT2D eigenvalue weighted by molar-refractivity contribution is -0.120. The van der Waals surface area contributed by atoms with Gasteiger partial charge in [-0.15, -0.1) is 0 Å². The first kappa shape index (κ1) is 21.4. The van der Waals surface area contributed by atoms with Gasteiger partial charge in [0, 0.05) is 6.04 Å². The van der Waals surface area contributed by atoms with Gasteiger partial charge >= 0.3 is 0 Å². The first-order valence-electron chi connectivity index (χ1n) is 8.60. The summed E-state index contributed by atoms with van der Waals surface area (Å²) in [5, 5.41) is 5.94. The maximum absolute atomic E-state index is 12.2. The summed E-state index contributed by atoms with van der Waals surface area (Å²) in [6.45, 7) is 0. The molecule has 0 saturated carbocycles. The summed E-state index contributed by atoms with van der Waals surface area (Å²) in [5.41, 5.74) is 1.95. The van der Waals surface area contributed by atoms with E-state index < -0.39 is 31.6 Å². The first-order valence-corrected chi connectivity index (χ1v) is 11.6. The van der Waals surface area contributed by atoms with Gasteiger partial charge in [-0.1, -0.05) is 95.5 Å². The summed E-state index contributed by atoms with van der Waals surface area (Å²) in [7, 11) is -3.35. The van der Waals surface area contributed by atoms with Gasteiger partial charge in [-0.2, -0.15) is 0 Å². The molecule has 9 heteroatoms. The monoisotopic (exact) mass is 460 g/mol. The Labute approximate surface area is 179 Å². The van der Waals surface area contributed by atoms with Gasteiger partial charge in [-0.05, 0) is 11.1 Å². The molecule has 0 aliphatic carbocycles. The van der Waals surface area contributed by atoms with Crippen LogP contribution in [-0.4, -0.2) is 41.7 Å². The number of sulfone groups is 1. The van der Waals surface area contributed by atoms with E-state index in [1.807, 2.05) is 60.7 Å². The number of benzene rings is 2. The van der Waals surface area contributed by atoms with Crippen LogP contribution in [0, 0.1) is 0 Å². The van der Waals surface area contributed by atoms with E-state index in [9.17, 15) is 13.2 Å². The van der Waals surface area contributed by atoms with Crippen LogP contribution in [0.1, 0.15) is 17.2 Å². The second kappa shape index (κ2) is 8.59. The summed E-state index contributed by atoms with van der Waals surface area (Å²) in [6, 6.07) is 17.8. The van der Waals surface area contributed by atoms with Crippen LogP contribution >= 0.6 is 34.8 Å². The van der Waals surface area contributed by atoms with Gasteiger partial charge in [0.1, 0.15) is 0 Å². The number of hydrogen-bond acceptors (Lipinski definition) is 4. The smallest absolute Gasteiger partial charge is 0.272 e. The third-order valence-corrected chi connectivity index (χ3v) is 6.82. The Bertz CT molecular complexity index is 879. The van der Waals surface area contributed by atoms with Gasteiger partial charge in [-0.25, -0.2) is 8.42 Å². The highest BCUT2D eigenvalue weighted by Gasteiger charge is 2.42. The van der Waals surface area contributed by atoms with Gasteiger partial charge in [0.2, 0.25) is 0 Å². The molecular weight excluding hydrogens is 443 g/mol. The van der Waals surface area contributed by atoms with Crippen LogP contribution in [0.3, 0.4) is 0 Å². The van der Waals surface area contributed by atoms with Crippen LogP contribution in [0.15, 0.2) is 60.7 Å². The SMILES string of the molecule is O=C(N[C@@H]1CS(=O)(=O)C[C@@H]1NC(c1ccccc1)c1ccccc1)C(Cl)(Cl)Cl. The van der Waals surface area contributed by atoms with Crippen LogP contribution in [-0.2, 0) is 14.6 Å². The zero-order valence-electron chi connectivity index (χ0n) is 14.7. The van der Waals surface area contributed by atoms with E-state index in [-0.39, 0.29) is 17.5 Å². The fourth-order valence-corrected chi connectivity index (χ4v) is 5.33. The molecule has 0 spiro atoms. The number of carbonyl (C=O) groups is 1. The number of rotatable bonds is 5. The van der Waals surface area contributed by atoms with Crippen molar-refractivity contribution in [3.05, 3.63) is 71.8 Å². The first-order chi connectivity index (χ1) is 13.2. The summed E-state index contributed by atoms with van der Waals surface area (Å²) in [4.78, 5) is 12.1. The molecule has 0 aromatic heterocycles. The topological polar surface area (TPSA) is 75.3 Å². The highest BCUT2D eigenvalue weighted by Crippen LogP contribution is 2.28. The van der Waals surface area contributed by atoms with E-state index in [0.29, 0.717) is 0 Å². The lowest BCUT2D eigenvalue weighted by Crippen LogP contribution is -2.52. The predicted octanol–water partition coefficient (Wildman–Crippen LogP) is 3.02. The molecule has 28 heavy (non-hydrogen) atoms. The molecule has 0 unspecified atom stereocenters. The van der Waals surface area contributed by atoms with E-state index >= 15 is 0 Å². The molecule has 3 rings (SSSR count). The minimum atomic E-state index is -3.35. The number of halogens is 3. The van der Waals surface area contributed by atoms with Crippen LogP contribution < -0.4 is 10.6 Å². The average molecular weight is 462 g/mol. The fourth-order valence-electron chi connectivity index (χ4n) is 3.29. The molecule has 2 atom stereocenters. The van der Waals surface area contributed by atoms with Gasteiger partial charge < -0.3 is 10.6 Å². The van der Waals surface area contributed by atoms with Crippen LogP contribution in [0.4, 0.5) is 0 Å². The Kier molecular flexibility index (Phi) is 6.57. The van der Waals surface area contributed by atoms with E-state index in [0.717, 1.165) is 11.1 Å². The second-order valence-corrected chi connectivity index (χ2v) is 11.1. The molecule has 1 saturated heterocycles. The van der Waals surface area contributed by atoms with E-state index in [4.69, 9.17) is 34.8 Å². The number of carbonyl (C=O) groups excluding carboxylic acids is 1. The molecule has 1 aliphatic heterocycles. The molecule has 2 aromatic rings. The van der Waals surface area contributed by atoms with Crippen molar-refractivity contribution < 1.29 is 13.2 Å². The number of amides is 1. The lowest BCUT2D eigenvalue weighted by Gasteiger charge is -2.28. The average Bonchev–Trinajstić information content (AvgIpc) is 2.93. The van der Waals surface area contributed by atoms with Crippen LogP contribution in [0.2, 0.25) is 0 Å². The van der Waals surface area contributed by atoms with Crippen molar-refractivity contribution in [3.8, 4) is 0 Å². The fraction of sp³-hybridized carbons (Fsp3) is 0.316. The molecule has 5 nitrogen and oxygen atoms in total. The van der Waals surface area contributed by atoms with Crippen molar-refractivity contribution in [3.63, 3.8) is 0 Å². The summed E-state index contributed by atoms with van der Waals surface area (Å²) in [5.74, 6) is -1.18. The predicted molar refractivity (Wildman–Crippen MR) is 113 cm³/mol. The van der Waals surface area contributed by atoms with Gasteiger partial charge in [0.25, 0.3) is 9.70 Å². The summed E-state index contributed by atoms with van der Waals surface area (Å²) < 4.78 is 22.3. The highest BCUT2D eigenvalue weighted by molar-refractivity contribution is 7.91. The largest absolute Gasteiger partial charge is 0.347 e. The molecule has 2 aromatic carbocycles. The van der Waals surface area contributed by atoms with E-state index in [1.54, 1.807) is 0 Å². The Morgan fingerprint density at radius 3 is 1.82 bits per heavy atom. The Morgan fingerprint density at radius 1 is 0.893 bits per heavy atom. The van der Waals surface area contributed by atoms with Crippen molar-refractivity contribution in [2.24, 2.45) is 0 Å². The third kappa shape index (κ3) is 5.39. The highest BCUT2D eigenvalue weighted by atomic mass is 35.6. The molecule has 0 radical (unpaired) electrons. The van der Waals surface area contributed by atoms with Crippen molar-refractivity contribution >= 4 is 50.5 Å². The van der Waals surface area contributed by atoms with Crippen LogP contribution in [0.25, 0.3) is 0 Å². The minimum Gasteiger partial charge on any atom is -0.347 e.